The molecule has 0 saturated carbocycles. The summed E-state index contributed by atoms with van der Waals surface area (Å²) < 4.78 is 21.3. The molecule has 2 rings (SSSR count). The van der Waals surface area contributed by atoms with Crippen molar-refractivity contribution in [3.8, 4) is 0 Å². The van der Waals surface area contributed by atoms with Gasteiger partial charge in [0.2, 0.25) is 0 Å². The highest BCUT2D eigenvalue weighted by Gasteiger charge is 2.18. The second kappa shape index (κ2) is 9.41. The molecular weight excluding hydrogens is 328 g/mol. The molecular formula is C13H22N2O5S2. The van der Waals surface area contributed by atoms with Crippen molar-refractivity contribution in [2.24, 2.45) is 0 Å². The van der Waals surface area contributed by atoms with E-state index in [1.165, 1.54) is 0 Å². The molecule has 0 aliphatic carbocycles. The van der Waals surface area contributed by atoms with Crippen molar-refractivity contribution in [3.63, 3.8) is 0 Å². The predicted molar refractivity (Wildman–Crippen MR) is 87.9 cm³/mol. The summed E-state index contributed by atoms with van der Waals surface area (Å²) in [6.45, 7) is 5.60. The zero-order chi connectivity index (χ0) is 15.8. The van der Waals surface area contributed by atoms with Gasteiger partial charge in [-0.15, -0.1) is 0 Å². The summed E-state index contributed by atoms with van der Waals surface area (Å²) in [7, 11) is 0. The van der Waals surface area contributed by atoms with Crippen molar-refractivity contribution in [1.82, 2.24) is 9.80 Å². The molecule has 2 fully saturated rings. The van der Waals surface area contributed by atoms with Crippen molar-refractivity contribution in [2.75, 3.05) is 65.8 Å². The molecule has 2 heterocycles. The lowest BCUT2D eigenvalue weighted by Crippen LogP contribution is -2.43. The molecule has 1 N–H and O–H groups in total. The van der Waals surface area contributed by atoms with E-state index < -0.39 is 6.10 Å². The minimum Gasteiger partial charge on any atom is -0.468 e. The molecule has 0 aromatic rings. The smallest absolute Gasteiger partial charge is 0.259 e. The van der Waals surface area contributed by atoms with Crippen LogP contribution in [0.5, 0.6) is 0 Å². The standard InChI is InChI=1S/C13H22N2O5S2/c16-11(9-19-12(21)14-1-5-17-6-2-14)10-20-13(22)15-3-7-18-8-4-15/h11,16H,1-10H2. The number of hydrogen-bond donors (Lipinski definition) is 1. The van der Waals surface area contributed by atoms with E-state index in [1.807, 2.05) is 9.80 Å². The third-order valence-electron chi connectivity index (χ3n) is 3.34. The van der Waals surface area contributed by atoms with Crippen LogP contribution in [-0.4, -0.2) is 97.2 Å². The fourth-order valence-corrected chi connectivity index (χ4v) is 2.56. The molecule has 2 saturated heterocycles. The fraction of sp³-hybridized carbons (Fsp3) is 0.846. The zero-order valence-electron chi connectivity index (χ0n) is 12.4. The van der Waals surface area contributed by atoms with Crippen LogP contribution in [0.1, 0.15) is 0 Å². The van der Waals surface area contributed by atoms with Crippen LogP contribution < -0.4 is 0 Å². The van der Waals surface area contributed by atoms with Crippen LogP contribution in [0.3, 0.4) is 0 Å². The molecule has 0 radical (unpaired) electrons. The predicted octanol–water partition coefficient (Wildman–Crippen LogP) is -0.385. The summed E-state index contributed by atoms with van der Waals surface area (Å²) in [6, 6.07) is 0. The topological polar surface area (TPSA) is 63.6 Å². The zero-order valence-corrected chi connectivity index (χ0v) is 14.1. The molecule has 2 aliphatic heterocycles. The Morgan fingerprint density at radius 1 is 0.864 bits per heavy atom. The van der Waals surface area contributed by atoms with Gasteiger partial charge >= 0.3 is 0 Å². The van der Waals surface area contributed by atoms with Gasteiger partial charge < -0.3 is 33.9 Å². The molecule has 0 aromatic heterocycles. The Kier molecular flexibility index (Phi) is 7.53. The third-order valence-corrected chi connectivity index (χ3v) is 4.09. The summed E-state index contributed by atoms with van der Waals surface area (Å²) in [5.41, 5.74) is 0. The van der Waals surface area contributed by atoms with Gasteiger partial charge in [-0.1, -0.05) is 0 Å². The highest BCUT2D eigenvalue weighted by Crippen LogP contribution is 2.03. The first-order chi connectivity index (χ1) is 10.7. The van der Waals surface area contributed by atoms with Crippen LogP contribution in [0, 0.1) is 0 Å². The van der Waals surface area contributed by atoms with Crippen molar-refractivity contribution < 1.29 is 24.1 Å². The average molecular weight is 350 g/mol. The van der Waals surface area contributed by atoms with E-state index >= 15 is 0 Å². The summed E-state index contributed by atoms with van der Waals surface area (Å²) in [4.78, 5) is 3.84. The van der Waals surface area contributed by atoms with Gasteiger partial charge in [-0.25, -0.2) is 0 Å². The summed E-state index contributed by atoms with van der Waals surface area (Å²) in [5, 5.41) is 10.7. The van der Waals surface area contributed by atoms with Crippen LogP contribution in [0.15, 0.2) is 0 Å². The molecule has 0 amide bonds. The first-order valence-electron chi connectivity index (χ1n) is 7.34. The quantitative estimate of drug-likeness (QED) is 0.683. The highest BCUT2D eigenvalue weighted by atomic mass is 32.1. The Morgan fingerprint density at radius 3 is 1.59 bits per heavy atom. The molecule has 0 spiro atoms. The Labute approximate surface area is 141 Å². The normalized spacial score (nSPS) is 19.2. The third kappa shape index (κ3) is 5.81. The number of ether oxygens (including phenoxy) is 4. The van der Waals surface area contributed by atoms with E-state index in [2.05, 4.69) is 0 Å². The summed E-state index contributed by atoms with van der Waals surface area (Å²) >= 11 is 10.4. The van der Waals surface area contributed by atoms with Gasteiger partial charge in [-0.2, -0.15) is 0 Å². The van der Waals surface area contributed by atoms with Gasteiger partial charge in [0.05, 0.1) is 26.4 Å². The highest BCUT2D eigenvalue weighted by molar-refractivity contribution is 7.80. The van der Waals surface area contributed by atoms with Gasteiger partial charge in [0, 0.05) is 26.2 Å². The number of aliphatic hydroxyl groups excluding tert-OH is 1. The molecule has 0 atom stereocenters. The van der Waals surface area contributed by atoms with Crippen molar-refractivity contribution in [1.29, 1.82) is 0 Å². The first-order valence-corrected chi connectivity index (χ1v) is 8.15. The van der Waals surface area contributed by atoms with Gasteiger partial charge in [0.1, 0.15) is 19.3 Å². The molecule has 2 aliphatic rings. The lowest BCUT2D eigenvalue weighted by molar-refractivity contribution is 0.0227. The van der Waals surface area contributed by atoms with Crippen molar-refractivity contribution >= 4 is 34.8 Å². The Hall–Kier alpha value is -0.740. The Morgan fingerprint density at radius 2 is 1.23 bits per heavy atom. The van der Waals surface area contributed by atoms with Crippen molar-refractivity contribution in [3.05, 3.63) is 0 Å². The van der Waals surface area contributed by atoms with Crippen LogP contribution in [-0.2, 0) is 18.9 Å². The van der Waals surface area contributed by atoms with Gasteiger partial charge in [0.15, 0.2) is 0 Å². The molecule has 126 valence electrons. The first kappa shape index (κ1) is 17.6. The number of rotatable bonds is 4. The number of thiocarbonyl (C=S) groups is 2. The minimum absolute atomic E-state index is 0.0852. The number of morpholine rings is 2. The Bertz CT molecular complexity index is 339. The van der Waals surface area contributed by atoms with E-state index in [0.717, 1.165) is 0 Å². The summed E-state index contributed by atoms with van der Waals surface area (Å²) in [5.74, 6) is 0. The number of nitrogens with zero attached hydrogens (tertiary/aromatic N) is 2. The van der Waals surface area contributed by atoms with Crippen LogP contribution in [0.4, 0.5) is 0 Å². The molecule has 0 unspecified atom stereocenters. The largest absolute Gasteiger partial charge is 0.468 e. The van der Waals surface area contributed by atoms with Crippen molar-refractivity contribution in [2.45, 2.75) is 6.10 Å². The van der Waals surface area contributed by atoms with E-state index in [9.17, 15) is 5.11 Å². The minimum atomic E-state index is -0.780. The second-order valence-electron chi connectivity index (χ2n) is 5.01. The average Bonchev–Trinajstić information content (AvgIpc) is 2.59. The molecule has 7 nitrogen and oxygen atoms in total. The van der Waals surface area contributed by atoms with E-state index in [-0.39, 0.29) is 13.2 Å². The second-order valence-corrected chi connectivity index (χ2v) is 5.70. The SMILES string of the molecule is OC(COC(=S)N1CCOCC1)COC(=S)N1CCOCC1. The van der Waals surface area contributed by atoms with E-state index in [4.69, 9.17) is 43.4 Å². The number of aliphatic hydroxyl groups is 1. The Balaban J connectivity index is 1.59. The van der Waals surface area contributed by atoms with Gasteiger partial charge in [0.25, 0.3) is 10.3 Å². The maximum atomic E-state index is 9.89. The molecule has 0 bridgehead atoms. The van der Waals surface area contributed by atoms with Crippen LogP contribution in [0.2, 0.25) is 0 Å². The van der Waals surface area contributed by atoms with Gasteiger partial charge in [-0.05, 0) is 24.4 Å². The van der Waals surface area contributed by atoms with E-state index in [0.29, 0.717) is 63.0 Å². The fourth-order valence-electron chi connectivity index (χ4n) is 2.06. The maximum absolute atomic E-state index is 9.89. The molecule has 22 heavy (non-hydrogen) atoms. The number of hydrogen-bond acceptors (Lipinski definition) is 7. The van der Waals surface area contributed by atoms with Crippen LogP contribution in [0.25, 0.3) is 0 Å². The monoisotopic (exact) mass is 350 g/mol. The van der Waals surface area contributed by atoms with Gasteiger partial charge in [-0.3, -0.25) is 0 Å². The lowest BCUT2D eigenvalue weighted by Gasteiger charge is -2.30. The van der Waals surface area contributed by atoms with E-state index in [1.54, 1.807) is 0 Å². The molecule has 0 aromatic carbocycles. The lowest BCUT2D eigenvalue weighted by atomic mass is 10.4. The maximum Gasteiger partial charge on any atom is 0.259 e. The van der Waals surface area contributed by atoms with Crippen LogP contribution >= 0.6 is 24.4 Å². The summed E-state index contributed by atoms with van der Waals surface area (Å²) in [6.07, 6.45) is -0.780. The molecule has 9 heteroatoms.